The van der Waals surface area contributed by atoms with Crippen LogP contribution in [0.1, 0.15) is 34.3 Å². The molecule has 4 rings (SSSR count). The Morgan fingerprint density at radius 2 is 1.96 bits per heavy atom. The number of sulfone groups is 1. The SMILES string of the molecule is Cc1ccc(O)c(C)c1-n1c(N)c(C(N)=O)c2cc(S(=O)(=O)C3CC3)cnc21. The highest BCUT2D eigenvalue weighted by Gasteiger charge is 2.37. The molecule has 1 aliphatic carbocycles. The maximum atomic E-state index is 12.6. The minimum absolute atomic E-state index is 0.0116. The van der Waals surface area contributed by atoms with Gasteiger partial charge in [0.15, 0.2) is 9.84 Å². The molecular weight excluding hydrogens is 380 g/mol. The van der Waals surface area contributed by atoms with Gasteiger partial charge in [-0.3, -0.25) is 9.36 Å². The van der Waals surface area contributed by atoms with Crippen LogP contribution < -0.4 is 11.5 Å². The second-order valence-electron chi connectivity index (χ2n) is 7.12. The molecule has 0 radical (unpaired) electrons. The van der Waals surface area contributed by atoms with Crippen molar-refractivity contribution < 1.29 is 18.3 Å². The van der Waals surface area contributed by atoms with E-state index in [0.29, 0.717) is 29.7 Å². The van der Waals surface area contributed by atoms with Crippen molar-refractivity contribution in [1.29, 1.82) is 0 Å². The maximum absolute atomic E-state index is 12.6. The zero-order chi connectivity index (χ0) is 20.4. The number of fused-ring (bicyclic) bond motifs is 1. The number of aromatic hydroxyl groups is 1. The van der Waals surface area contributed by atoms with Crippen molar-refractivity contribution in [2.75, 3.05) is 5.73 Å². The Kier molecular flexibility index (Phi) is 3.90. The molecule has 1 fully saturated rings. The number of nitrogen functional groups attached to an aromatic ring is 1. The number of phenolic OH excluding ortho intramolecular Hbond substituents is 1. The van der Waals surface area contributed by atoms with Gasteiger partial charge < -0.3 is 16.6 Å². The Morgan fingerprint density at radius 3 is 2.57 bits per heavy atom. The lowest BCUT2D eigenvalue weighted by atomic mass is 10.1. The van der Waals surface area contributed by atoms with Gasteiger partial charge in [0.25, 0.3) is 5.91 Å². The van der Waals surface area contributed by atoms with Crippen molar-refractivity contribution in [3.8, 4) is 11.4 Å². The van der Waals surface area contributed by atoms with Crippen LogP contribution in [0.4, 0.5) is 5.82 Å². The molecule has 28 heavy (non-hydrogen) atoms. The molecule has 1 aliphatic rings. The first-order valence-electron chi connectivity index (χ1n) is 8.77. The van der Waals surface area contributed by atoms with Crippen molar-refractivity contribution >= 4 is 32.6 Å². The summed E-state index contributed by atoms with van der Waals surface area (Å²) < 4.78 is 26.7. The molecule has 1 aromatic carbocycles. The third kappa shape index (κ3) is 2.54. The van der Waals surface area contributed by atoms with E-state index in [4.69, 9.17) is 11.5 Å². The van der Waals surface area contributed by atoms with E-state index >= 15 is 0 Å². The molecule has 5 N–H and O–H groups in total. The lowest BCUT2D eigenvalue weighted by Crippen LogP contribution is -2.14. The number of carbonyl (C=O) groups excluding carboxylic acids is 1. The van der Waals surface area contributed by atoms with Crippen LogP contribution in [0.25, 0.3) is 16.7 Å². The van der Waals surface area contributed by atoms with Crippen LogP contribution in [0.2, 0.25) is 0 Å². The zero-order valence-corrected chi connectivity index (χ0v) is 16.2. The number of amides is 1. The van der Waals surface area contributed by atoms with E-state index in [2.05, 4.69) is 4.98 Å². The molecule has 1 amide bonds. The molecule has 0 unspecified atom stereocenters. The predicted molar refractivity (Wildman–Crippen MR) is 105 cm³/mol. The molecule has 9 heteroatoms. The minimum Gasteiger partial charge on any atom is -0.508 e. The largest absolute Gasteiger partial charge is 0.508 e. The van der Waals surface area contributed by atoms with Gasteiger partial charge in [0, 0.05) is 17.1 Å². The topological polar surface area (TPSA) is 141 Å². The van der Waals surface area contributed by atoms with Gasteiger partial charge in [-0.1, -0.05) is 6.07 Å². The first-order valence-corrected chi connectivity index (χ1v) is 10.3. The second-order valence-corrected chi connectivity index (χ2v) is 9.35. The fourth-order valence-electron chi connectivity index (χ4n) is 3.55. The summed E-state index contributed by atoms with van der Waals surface area (Å²) in [6, 6.07) is 4.70. The maximum Gasteiger partial charge on any atom is 0.253 e. The number of aryl methyl sites for hydroxylation is 1. The van der Waals surface area contributed by atoms with E-state index in [1.165, 1.54) is 16.8 Å². The summed E-state index contributed by atoms with van der Waals surface area (Å²) >= 11 is 0. The summed E-state index contributed by atoms with van der Waals surface area (Å²) in [5.41, 5.74) is 14.0. The molecule has 146 valence electrons. The van der Waals surface area contributed by atoms with Crippen molar-refractivity contribution in [2.24, 2.45) is 5.73 Å². The fraction of sp³-hybridized carbons (Fsp3) is 0.263. The summed E-state index contributed by atoms with van der Waals surface area (Å²) in [4.78, 5) is 16.5. The molecule has 0 atom stereocenters. The number of aromatic nitrogens is 2. The quantitative estimate of drug-likeness (QED) is 0.611. The van der Waals surface area contributed by atoms with Gasteiger partial charge in [-0.25, -0.2) is 13.4 Å². The number of primary amides is 1. The number of phenols is 1. The van der Waals surface area contributed by atoms with Crippen LogP contribution in [0.5, 0.6) is 5.75 Å². The molecule has 2 aromatic heterocycles. The average Bonchev–Trinajstić information content (AvgIpc) is 3.44. The highest BCUT2D eigenvalue weighted by Crippen LogP contribution is 2.38. The highest BCUT2D eigenvalue weighted by atomic mass is 32.2. The monoisotopic (exact) mass is 400 g/mol. The van der Waals surface area contributed by atoms with Crippen LogP contribution in [0.15, 0.2) is 29.3 Å². The van der Waals surface area contributed by atoms with Gasteiger partial charge in [0.1, 0.15) is 17.2 Å². The molecule has 0 aliphatic heterocycles. The Hall–Kier alpha value is -3.07. The molecular formula is C19H20N4O4S. The lowest BCUT2D eigenvalue weighted by molar-refractivity contribution is 0.100. The van der Waals surface area contributed by atoms with E-state index in [0.717, 1.165) is 5.56 Å². The van der Waals surface area contributed by atoms with Crippen LogP contribution in [0, 0.1) is 13.8 Å². The lowest BCUT2D eigenvalue weighted by Gasteiger charge is -2.15. The summed E-state index contributed by atoms with van der Waals surface area (Å²) in [5.74, 6) is -0.664. The zero-order valence-electron chi connectivity index (χ0n) is 15.4. The number of nitrogens with two attached hydrogens (primary N) is 2. The smallest absolute Gasteiger partial charge is 0.253 e. The molecule has 0 spiro atoms. The number of anilines is 1. The van der Waals surface area contributed by atoms with Gasteiger partial charge >= 0.3 is 0 Å². The van der Waals surface area contributed by atoms with E-state index < -0.39 is 21.0 Å². The summed E-state index contributed by atoms with van der Waals surface area (Å²) in [7, 11) is -3.50. The fourth-order valence-corrected chi connectivity index (χ4v) is 5.17. The number of pyridine rings is 1. The Bertz CT molecular complexity index is 1260. The summed E-state index contributed by atoms with van der Waals surface area (Å²) in [6.07, 6.45) is 2.52. The molecule has 8 nitrogen and oxygen atoms in total. The van der Waals surface area contributed by atoms with Gasteiger partial charge in [-0.05, 0) is 44.4 Å². The second kappa shape index (κ2) is 5.96. The highest BCUT2D eigenvalue weighted by molar-refractivity contribution is 7.92. The number of carbonyl (C=O) groups is 1. The average molecular weight is 400 g/mol. The standard InChI is InChI=1S/C19H20N4O4S/c1-9-3-6-14(24)10(2)16(9)23-17(20)15(18(21)25)13-7-12(8-22-19(13)23)28(26,27)11-4-5-11/h3,6-8,11,24H,4-5,20H2,1-2H3,(H2,21,25). The van der Waals surface area contributed by atoms with Crippen LogP contribution in [0.3, 0.4) is 0 Å². The first-order chi connectivity index (χ1) is 13.1. The Balaban J connectivity index is 2.09. The number of hydrogen-bond acceptors (Lipinski definition) is 6. The van der Waals surface area contributed by atoms with E-state index in [1.807, 2.05) is 6.92 Å². The summed E-state index contributed by atoms with van der Waals surface area (Å²) in [5, 5.41) is 10.0. The third-order valence-corrected chi connectivity index (χ3v) is 7.42. The number of nitrogens with zero attached hydrogens (tertiary/aromatic N) is 2. The predicted octanol–water partition coefficient (Wildman–Crippen LogP) is 1.97. The van der Waals surface area contributed by atoms with Crippen molar-refractivity contribution in [1.82, 2.24) is 9.55 Å². The van der Waals surface area contributed by atoms with Crippen molar-refractivity contribution in [3.05, 3.63) is 41.1 Å². The van der Waals surface area contributed by atoms with Crippen molar-refractivity contribution in [2.45, 2.75) is 36.8 Å². The van der Waals surface area contributed by atoms with Crippen LogP contribution >= 0.6 is 0 Å². The number of benzene rings is 1. The van der Waals surface area contributed by atoms with E-state index in [1.54, 1.807) is 19.1 Å². The summed E-state index contributed by atoms with van der Waals surface area (Å²) in [6.45, 7) is 3.56. The van der Waals surface area contributed by atoms with Gasteiger partial charge in [0.05, 0.1) is 21.4 Å². The number of hydrogen-bond donors (Lipinski definition) is 3. The van der Waals surface area contributed by atoms with E-state index in [-0.39, 0.29) is 27.4 Å². The Morgan fingerprint density at radius 1 is 1.29 bits per heavy atom. The molecule has 0 saturated heterocycles. The normalized spacial score (nSPS) is 14.5. The minimum atomic E-state index is -3.50. The molecule has 0 bridgehead atoms. The molecule has 2 heterocycles. The van der Waals surface area contributed by atoms with E-state index in [9.17, 15) is 18.3 Å². The van der Waals surface area contributed by atoms with Crippen LogP contribution in [-0.4, -0.2) is 34.2 Å². The van der Waals surface area contributed by atoms with Crippen LogP contribution in [-0.2, 0) is 9.84 Å². The molecule has 3 aromatic rings. The third-order valence-electron chi connectivity index (χ3n) is 5.19. The molecule has 1 saturated carbocycles. The van der Waals surface area contributed by atoms with Gasteiger partial charge in [-0.15, -0.1) is 0 Å². The van der Waals surface area contributed by atoms with Gasteiger partial charge in [-0.2, -0.15) is 0 Å². The Labute approximate surface area is 161 Å². The van der Waals surface area contributed by atoms with Gasteiger partial charge in [0.2, 0.25) is 0 Å². The number of rotatable bonds is 4. The first kappa shape index (κ1) is 18.3. The van der Waals surface area contributed by atoms with Crippen molar-refractivity contribution in [3.63, 3.8) is 0 Å².